The number of hydrogen-bond acceptors (Lipinski definition) is 2. The summed E-state index contributed by atoms with van der Waals surface area (Å²) < 4.78 is 0. The van der Waals surface area contributed by atoms with Gasteiger partial charge in [-0.2, -0.15) is 0 Å². The number of benzene rings is 3. The summed E-state index contributed by atoms with van der Waals surface area (Å²) in [6.45, 7) is 7.94. The fourth-order valence-electron chi connectivity index (χ4n) is 4.37. The number of nitrogens with zero attached hydrogens (tertiary/aromatic N) is 2. The molecule has 0 bridgehead atoms. The van der Waals surface area contributed by atoms with Crippen LogP contribution in [0.1, 0.15) is 28.7 Å². The molecule has 0 saturated carbocycles. The number of aryl methyl sites for hydroxylation is 3. The van der Waals surface area contributed by atoms with Gasteiger partial charge in [0.25, 0.3) is 0 Å². The van der Waals surface area contributed by atoms with E-state index in [1.54, 1.807) is 29.2 Å². The second-order valence-electron chi connectivity index (χ2n) is 8.82. The van der Waals surface area contributed by atoms with Crippen LogP contribution in [0.15, 0.2) is 60.7 Å². The van der Waals surface area contributed by atoms with Gasteiger partial charge in [-0.1, -0.05) is 53.1 Å². The van der Waals surface area contributed by atoms with Crippen LogP contribution in [0.5, 0.6) is 0 Å². The van der Waals surface area contributed by atoms with Crippen LogP contribution in [0.25, 0.3) is 0 Å². The molecular weight excluding hydrogens is 448 g/mol. The summed E-state index contributed by atoms with van der Waals surface area (Å²) in [5.74, 6) is 0. The maximum atomic E-state index is 13.5. The van der Waals surface area contributed by atoms with Crippen molar-refractivity contribution < 1.29 is 9.59 Å². The van der Waals surface area contributed by atoms with E-state index in [9.17, 15) is 9.59 Å². The van der Waals surface area contributed by atoms with Crippen molar-refractivity contribution >= 4 is 40.7 Å². The first kappa shape index (κ1) is 23.6. The van der Waals surface area contributed by atoms with Crippen molar-refractivity contribution in [2.75, 3.05) is 28.6 Å². The molecule has 4 rings (SSSR count). The third-order valence-electron chi connectivity index (χ3n) is 5.74. The molecule has 1 aliphatic heterocycles. The number of anilines is 3. The molecule has 1 saturated heterocycles. The zero-order valence-corrected chi connectivity index (χ0v) is 20.4. The smallest absolute Gasteiger partial charge is 0.320 e. The number of halogens is 1. The number of hydrogen-bond donors (Lipinski definition) is 2. The van der Waals surface area contributed by atoms with Crippen LogP contribution in [0.2, 0.25) is 5.02 Å². The largest absolute Gasteiger partial charge is 0.324 e. The van der Waals surface area contributed by atoms with Gasteiger partial charge in [0.15, 0.2) is 0 Å². The number of amides is 4. The van der Waals surface area contributed by atoms with Crippen LogP contribution in [-0.4, -0.2) is 30.1 Å². The van der Waals surface area contributed by atoms with Crippen molar-refractivity contribution in [3.05, 3.63) is 87.9 Å². The zero-order valence-electron chi connectivity index (χ0n) is 19.7. The number of carbonyl (C=O) groups is 2. The lowest BCUT2D eigenvalue weighted by molar-refractivity contribution is 0.192. The summed E-state index contributed by atoms with van der Waals surface area (Å²) in [6, 6.07) is 18.6. The van der Waals surface area contributed by atoms with Crippen molar-refractivity contribution in [3.63, 3.8) is 0 Å². The lowest BCUT2D eigenvalue weighted by Gasteiger charge is -2.36. The summed E-state index contributed by atoms with van der Waals surface area (Å²) in [7, 11) is 0. The molecule has 0 aliphatic carbocycles. The predicted octanol–water partition coefficient (Wildman–Crippen LogP) is 6.74. The molecule has 6 nitrogen and oxygen atoms in total. The maximum absolute atomic E-state index is 13.5. The van der Waals surface area contributed by atoms with Crippen molar-refractivity contribution in [2.45, 2.75) is 33.7 Å². The normalized spacial score (nSPS) is 13.7. The molecule has 34 heavy (non-hydrogen) atoms. The number of urea groups is 2. The van der Waals surface area contributed by atoms with Gasteiger partial charge < -0.3 is 15.5 Å². The Bertz CT molecular complexity index is 1210. The molecule has 0 spiro atoms. The third-order valence-corrected chi connectivity index (χ3v) is 5.97. The molecule has 0 aromatic heterocycles. The highest BCUT2D eigenvalue weighted by molar-refractivity contribution is 6.30. The second kappa shape index (κ2) is 10.2. The summed E-state index contributed by atoms with van der Waals surface area (Å²) in [4.78, 5) is 29.8. The SMILES string of the molecule is Cc1cc(C)cc(CN2CCCN(c3ccc(C)cc3NC(=O)Nc3cccc(Cl)c3)C2=O)c1. The Kier molecular flexibility index (Phi) is 7.08. The van der Waals surface area contributed by atoms with E-state index in [4.69, 9.17) is 11.6 Å². The average Bonchev–Trinajstić information content (AvgIpc) is 2.75. The van der Waals surface area contributed by atoms with Crippen molar-refractivity contribution in [1.29, 1.82) is 0 Å². The lowest BCUT2D eigenvalue weighted by atomic mass is 10.1. The molecular formula is C27H29ClN4O2. The first-order valence-corrected chi connectivity index (χ1v) is 11.7. The van der Waals surface area contributed by atoms with E-state index in [1.807, 2.05) is 30.0 Å². The van der Waals surface area contributed by atoms with Crippen LogP contribution < -0.4 is 15.5 Å². The van der Waals surface area contributed by atoms with Crippen LogP contribution in [-0.2, 0) is 6.54 Å². The Morgan fingerprint density at radius 2 is 1.68 bits per heavy atom. The maximum Gasteiger partial charge on any atom is 0.324 e. The van der Waals surface area contributed by atoms with E-state index < -0.39 is 6.03 Å². The molecule has 4 amide bonds. The Morgan fingerprint density at radius 1 is 0.912 bits per heavy atom. The van der Waals surface area contributed by atoms with Gasteiger partial charge in [0, 0.05) is 30.3 Å². The molecule has 1 aliphatic rings. The Labute approximate surface area is 205 Å². The molecule has 2 N–H and O–H groups in total. The van der Waals surface area contributed by atoms with Crippen molar-refractivity contribution in [1.82, 2.24) is 4.90 Å². The van der Waals surface area contributed by atoms with Gasteiger partial charge in [0.2, 0.25) is 0 Å². The van der Waals surface area contributed by atoms with E-state index in [-0.39, 0.29) is 6.03 Å². The van der Waals surface area contributed by atoms with Gasteiger partial charge >= 0.3 is 12.1 Å². The van der Waals surface area contributed by atoms with Gasteiger partial charge in [0.05, 0.1) is 11.4 Å². The van der Waals surface area contributed by atoms with Crippen molar-refractivity contribution in [3.8, 4) is 0 Å². The number of carbonyl (C=O) groups excluding carboxylic acids is 2. The van der Waals surface area contributed by atoms with Crippen LogP contribution in [0.3, 0.4) is 0 Å². The topological polar surface area (TPSA) is 64.7 Å². The minimum atomic E-state index is -0.398. The fraction of sp³-hybridized carbons (Fsp3) is 0.259. The molecule has 0 radical (unpaired) electrons. The quantitative estimate of drug-likeness (QED) is 0.428. The zero-order chi connectivity index (χ0) is 24.2. The highest BCUT2D eigenvalue weighted by Crippen LogP contribution is 2.31. The van der Waals surface area contributed by atoms with Crippen LogP contribution in [0, 0.1) is 20.8 Å². The number of rotatable bonds is 5. The fourth-order valence-corrected chi connectivity index (χ4v) is 4.56. The Hall–Kier alpha value is -3.51. The molecule has 0 atom stereocenters. The van der Waals surface area contributed by atoms with E-state index in [0.29, 0.717) is 41.7 Å². The lowest BCUT2D eigenvalue weighted by Crippen LogP contribution is -2.49. The van der Waals surface area contributed by atoms with E-state index in [0.717, 1.165) is 17.5 Å². The summed E-state index contributed by atoms with van der Waals surface area (Å²) in [5, 5.41) is 6.25. The molecule has 176 valence electrons. The summed E-state index contributed by atoms with van der Waals surface area (Å²) in [5.41, 5.74) is 6.34. The Balaban J connectivity index is 1.53. The van der Waals surface area contributed by atoms with Gasteiger partial charge in [0.1, 0.15) is 0 Å². The highest BCUT2D eigenvalue weighted by atomic mass is 35.5. The summed E-state index contributed by atoms with van der Waals surface area (Å²) in [6.07, 6.45) is 0.846. The molecule has 7 heteroatoms. The summed E-state index contributed by atoms with van der Waals surface area (Å²) >= 11 is 6.02. The molecule has 1 heterocycles. The minimum absolute atomic E-state index is 0.0624. The molecule has 0 unspecified atom stereocenters. The van der Waals surface area contributed by atoms with Crippen molar-refractivity contribution in [2.24, 2.45) is 0 Å². The minimum Gasteiger partial charge on any atom is -0.320 e. The third kappa shape index (κ3) is 5.69. The number of nitrogens with one attached hydrogen (secondary N) is 2. The average molecular weight is 477 g/mol. The van der Waals surface area contributed by atoms with Gasteiger partial charge in [-0.05, 0) is 68.7 Å². The molecule has 3 aromatic carbocycles. The molecule has 1 fully saturated rings. The second-order valence-corrected chi connectivity index (χ2v) is 9.25. The van der Waals surface area contributed by atoms with Gasteiger partial charge in [-0.3, -0.25) is 4.90 Å². The van der Waals surface area contributed by atoms with Gasteiger partial charge in [-0.15, -0.1) is 0 Å². The standard InChI is InChI=1S/C27H29ClN4O2/c1-18-8-9-25(24(15-18)30-26(33)29-23-7-4-6-22(28)16-23)32-11-5-10-31(27(32)34)17-21-13-19(2)12-20(3)14-21/h4,6-9,12-16H,5,10-11,17H2,1-3H3,(H2,29,30,33). The predicted molar refractivity (Wildman–Crippen MR) is 139 cm³/mol. The highest BCUT2D eigenvalue weighted by Gasteiger charge is 2.28. The van der Waals surface area contributed by atoms with E-state index >= 15 is 0 Å². The first-order valence-electron chi connectivity index (χ1n) is 11.4. The van der Waals surface area contributed by atoms with Crippen LogP contribution >= 0.6 is 11.6 Å². The van der Waals surface area contributed by atoms with Gasteiger partial charge in [-0.25, -0.2) is 9.59 Å². The Morgan fingerprint density at radius 3 is 2.41 bits per heavy atom. The van der Waals surface area contributed by atoms with E-state index in [1.165, 1.54) is 11.1 Å². The van der Waals surface area contributed by atoms with Crippen LogP contribution in [0.4, 0.5) is 26.7 Å². The molecule has 3 aromatic rings. The first-order chi connectivity index (χ1) is 16.3. The monoisotopic (exact) mass is 476 g/mol. The van der Waals surface area contributed by atoms with E-state index in [2.05, 4.69) is 42.7 Å².